The first kappa shape index (κ1) is 16.6. The van der Waals surface area contributed by atoms with Crippen LogP contribution in [-0.2, 0) is 24.8 Å². The molecule has 2 aromatic rings. The van der Waals surface area contributed by atoms with E-state index in [4.69, 9.17) is 4.74 Å². The monoisotopic (exact) mass is 327 g/mol. The number of fused-ring (bicyclic) bond motifs is 1. The van der Waals surface area contributed by atoms with Gasteiger partial charge in [-0.1, -0.05) is 32.0 Å². The number of hydrogen-bond donors (Lipinski definition) is 0. The molecule has 0 spiro atoms. The molecule has 1 aliphatic rings. The smallest absolute Gasteiger partial charge is 0.260 e. The lowest BCUT2D eigenvalue weighted by atomic mass is 10.0. The molecule has 1 amide bonds. The summed E-state index contributed by atoms with van der Waals surface area (Å²) in [7, 11) is 1.96. The fourth-order valence-corrected chi connectivity index (χ4v) is 3.22. The van der Waals surface area contributed by atoms with Gasteiger partial charge in [0.15, 0.2) is 6.61 Å². The second-order valence-electron chi connectivity index (χ2n) is 6.64. The zero-order valence-electron chi connectivity index (χ0n) is 14.7. The van der Waals surface area contributed by atoms with Gasteiger partial charge in [-0.15, -0.1) is 0 Å². The lowest BCUT2D eigenvalue weighted by Crippen LogP contribution is -2.34. The summed E-state index contributed by atoms with van der Waals surface area (Å²) in [5, 5.41) is 4.31. The van der Waals surface area contributed by atoms with Gasteiger partial charge in [0.2, 0.25) is 0 Å². The van der Waals surface area contributed by atoms with E-state index in [2.05, 4.69) is 25.0 Å². The van der Waals surface area contributed by atoms with Gasteiger partial charge in [0.1, 0.15) is 5.75 Å². The molecule has 5 heteroatoms. The predicted octanol–water partition coefficient (Wildman–Crippen LogP) is 2.90. The molecule has 128 valence electrons. The fraction of sp³-hybridized carbons (Fsp3) is 0.474. The van der Waals surface area contributed by atoms with Crippen LogP contribution in [0.1, 0.15) is 43.0 Å². The van der Waals surface area contributed by atoms with Crippen molar-refractivity contribution >= 4 is 5.91 Å². The molecule has 3 rings (SSSR count). The van der Waals surface area contributed by atoms with Gasteiger partial charge in [-0.05, 0) is 30.4 Å². The number of aromatic nitrogens is 2. The van der Waals surface area contributed by atoms with Crippen LogP contribution in [-0.4, -0.2) is 33.7 Å². The van der Waals surface area contributed by atoms with Crippen molar-refractivity contribution < 1.29 is 9.53 Å². The number of aryl methyl sites for hydroxylation is 1. The summed E-state index contributed by atoms with van der Waals surface area (Å²) < 4.78 is 7.75. The van der Waals surface area contributed by atoms with Crippen LogP contribution in [0.3, 0.4) is 0 Å². The van der Waals surface area contributed by atoms with Crippen LogP contribution >= 0.6 is 0 Å². The highest BCUT2D eigenvalue weighted by molar-refractivity contribution is 5.78. The van der Waals surface area contributed by atoms with Crippen molar-refractivity contribution in [2.24, 2.45) is 7.05 Å². The molecular formula is C19H25N3O2. The minimum absolute atomic E-state index is 0.0327. The normalized spacial score (nSPS) is 14.4. The molecule has 1 aromatic carbocycles. The first-order valence-electron chi connectivity index (χ1n) is 8.55. The Morgan fingerprint density at radius 2 is 2.12 bits per heavy atom. The van der Waals surface area contributed by atoms with Crippen molar-refractivity contribution in [3.63, 3.8) is 0 Å². The van der Waals surface area contributed by atoms with Crippen molar-refractivity contribution in [2.75, 3.05) is 13.2 Å². The molecule has 0 N–H and O–H groups in total. The third-order valence-electron chi connectivity index (χ3n) is 4.60. The van der Waals surface area contributed by atoms with Crippen molar-refractivity contribution in [3.8, 4) is 5.75 Å². The summed E-state index contributed by atoms with van der Waals surface area (Å²) in [5.41, 5.74) is 3.51. The van der Waals surface area contributed by atoms with Gasteiger partial charge >= 0.3 is 0 Å². The van der Waals surface area contributed by atoms with E-state index in [-0.39, 0.29) is 12.5 Å². The summed E-state index contributed by atoms with van der Waals surface area (Å²) in [4.78, 5) is 14.5. The van der Waals surface area contributed by atoms with Gasteiger partial charge in [-0.2, -0.15) is 5.10 Å². The summed E-state index contributed by atoms with van der Waals surface area (Å²) in [6.45, 7) is 5.73. The molecule has 0 bridgehead atoms. The number of carbonyl (C=O) groups excluding carboxylic acids is 1. The molecule has 5 nitrogen and oxygen atoms in total. The van der Waals surface area contributed by atoms with Gasteiger partial charge in [0.25, 0.3) is 5.91 Å². The molecule has 1 aromatic heterocycles. The van der Waals surface area contributed by atoms with Crippen LogP contribution in [0.15, 0.2) is 30.5 Å². The number of hydrogen-bond acceptors (Lipinski definition) is 3. The highest BCUT2D eigenvalue weighted by Crippen LogP contribution is 2.26. The molecule has 0 atom stereocenters. The third-order valence-corrected chi connectivity index (χ3v) is 4.60. The third kappa shape index (κ3) is 3.45. The number of nitrogens with zero attached hydrogens (tertiary/aromatic N) is 3. The molecule has 0 radical (unpaired) electrons. The molecule has 0 fully saturated rings. The van der Waals surface area contributed by atoms with E-state index in [1.165, 1.54) is 5.69 Å². The van der Waals surface area contributed by atoms with Gasteiger partial charge in [-0.3, -0.25) is 9.48 Å². The van der Waals surface area contributed by atoms with Crippen LogP contribution < -0.4 is 4.74 Å². The van der Waals surface area contributed by atoms with Crippen molar-refractivity contribution in [1.82, 2.24) is 14.7 Å². The van der Waals surface area contributed by atoms with Gasteiger partial charge in [0.05, 0.1) is 6.20 Å². The molecule has 0 unspecified atom stereocenters. The largest absolute Gasteiger partial charge is 0.483 e. The number of carbonyl (C=O) groups is 1. The number of para-hydroxylation sites is 1. The van der Waals surface area contributed by atoms with Crippen LogP contribution in [0.2, 0.25) is 0 Å². The van der Waals surface area contributed by atoms with Crippen molar-refractivity contribution in [1.29, 1.82) is 0 Å². The average molecular weight is 327 g/mol. The zero-order chi connectivity index (χ0) is 17.1. The zero-order valence-corrected chi connectivity index (χ0v) is 14.7. The minimum atomic E-state index is 0.0327. The Labute approximate surface area is 143 Å². The summed E-state index contributed by atoms with van der Waals surface area (Å²) in [6.07, 6.45) is 3.80. The lowest BCUT2D eigenvalue weighted by Gasteiger charge is -2.21. The van der Waals surface area contributed by atoms with E-state index in [0.717, 1.165) is 36.3 Å². The van der Waals surface area contributed by atoms with Crippen LogP contribution in [0.4, 0.5) is 0 Å². The lowest BCUT2D eigenvalue weighted by molar-refractivity contribution is -0.134. The molecule has 1 aliphatic heterocycles. The molecule has 0 aliphatic carbocycles. The molecule has 0 saturated carbocycles. The van der Waals surface area contributed by atoms with E-state index >= 15 is 0 Å². The Hall–Kier alpha value is -2.30. The second kappa shape index (κ2) is 7.07. The first-order valence-corrected chi connectivity index (χ1v) is 8.55. The van der Waals surface area contributed by atoms with Crippen LogP contribution in [0.5, 0.6) is 5.75 Å². The maximum atomic E-state index is 12.6. The minimum Gasteiger partial charge on any atom is -0.483 e. The quantitative estimate of drug-likeness (QED) is 0.867. The van der Waals surface area contributed by atoms with Crippen LogP contribution in [0, 0.1) is 0 Å². The average Bonchev–Trinajstić information content (AvgIpc) is 2.80. The number of ether oxygens (including phenoxy) is 1. The Balaban J connectivity index is 1.65. The number of amides is 1. The topological polar surface area (TPSA) is 47.4 Å². The van der Waals surface area contributed by atoms with Gasteiger partial charge in [-0.25, -0.2) is 0 Å². The van der Waals surface area contributed by atoms with Gasteiger partial charge in [0, 0.05) is 31.4 Å². The highest BCUT2D eigenvalue weighted by atomic mass is 16.5. The second-order valence-corrected chi connectivity index (χ2v) is 6.64. The van der Waals surface area contributed by atoms with Crippen LogP contribution in [0.25, 0.3) is 0 Å². The summed E-state index contributed by atoms with van der Waals surface area (Å²) in [5.74, 6) is 1.20. The first-order chi connectivity index (χ1) is 11.6. The molecule has 0 saturated heterocycles. The predicted molar refractivity (Wildman–Crippen MR) is 93.0 cm³/mol. The van der Waals surface area contributed by atoms with E-state index in [1.54, 1.807) is 0 Å². The molecule has 2 heterocycles. The number of rotatable bonds is 4. The van der Waals surface area contributed by atoms with E-state index < -0.39 is 0 Å². The highest BCUT2D eigenvalue weighted by Gasteiger charge is 2.22. The maximum Gasteiger partial charge on any atom is 0.260 e. The van der Waals surface area contributed by atoms with Crippen molar-refractivity contribution in [3.05, 3.63) is 47.3 Å². The molecule has 24 heavy (non-hydrogen) atoms. The Kier molecular flexibility index (Phi) is 4.88. The summed E-state index contributed by atoms with van der Waals surface area (Å²) >= 11 is 0. The Morgan fingerprint density at radius 1 is 1.33 bits per heavy atom. The van der Waals surface area contributed by atoms with E-state index in [9.17, 15) is 4.79 Å². The van der Waals surface area contributed by atoms with E-state index in [1.807, 2.05) is 41.0 Å². The van der Waals surface area contributed by atoms with E-state index in [0.29, 0.717) is 12.5 Å². The fourth-order valence-electron chi connectivity index (χ4n) is 3.22. The van der Waals surface area contributed by atoms with Gasteiger partial charge < -0.3 is 9.64 Å². The SMILES string of the molecule is CC(C)c1ccccc1OCC(=O)N1CCCc2c(cnn2C)C1. The van der Waals surface area contributed by atoms with Crippen molar-refractivity contribution in [2.45, 2.75) is 39.2 Å². The number of benzene rings is 1. The Bertz CT molecular complexity index is 721. The molecular weight excluding hydrogens is 302 g/mol. The maximum absolute atomic E-state index is 12.6. The standard InChI is InChI=1S/C19H25N3O2/c1-14(2)16-7-4-5-9-18(16)24-13-19(23)22-10-6-8-17-15(12-22)11-20-21(17)3/h4-5,7,9,11,14H,6,8,10,12-13H2,1-3H3. The Morgan fingerprint density at radius 3 is 2.92 bits per heavy atom. The summed E-state index contributed by atoms with van der Waals surface area (Å²) in [6, 6.07) is 7.94.